The average molecular weight is 525 g/mol. The van der Waals surface area contributed by atoms with Crippen molar-refractivity contribution >= 4 is 29.9 Å². The second-order valence-electron chi connectivity index (χ2n) is 7.49. The monoisotopic (exact) mass is 525 g/mol. The van der Waals surface area contributed by atoms with E-state index in [1.54, 1.807) is 6.07 Å². The summed E-state index contributed by atoms with van der Waals surface area (Å²) in [4.78, 5) is 7.15. The summed E-state index contributed by atoms with van der Waals surface area (Å²) in [6.07, 6.45) is 1.75. The van der Waals surface area contributed by atoms with Gasteiger partial charge in [0, 0.05) is 37.7 Å². The number of hydrogen-bond donors (Lipinski definition) is 1. The molecule has 7 heteroatoms. The van der Waals surface area contributed by atoms with Crippen LogP contribution in [0.3, 0.4) is 0 Å². The molecule has 0 radical (unpaired) electrons. The molecule has 0 aromatic heterocycles. The molecular weight excluding hydrogens is 496 g/mol. The summed E-state index contributed by atoms with van der Waals surface area (Å²) < 4.78 is 24.8. The van der Waals surface area contributed by atoms with Gasteiger partial charge in [0.25, 0.3) is 0 Å². The van der Waals surface area contributed by atoms with Gasteiger partial charge in [-0.1, -0.05) is 30.3 Å². The van der Waals surface area contributed by atoms with E-state index >= 15 is 0 Å². The molecule has 1 atom stereocenters. The lowest BCUT2D eigenvalue weighted by Crippen LogP contribution is -2.40. The molecule has 2 aromatic carbocycles. The van der Waals surface area contributed by atoms with E-state index in [2.05, 4.69) is 47.5 Å². The summed E-state index contributed by atoms with van der Waals surface area (Å²) in [5.41, 5.74) is 3.01. The van der Waals surface area contributed by atoms with Crippen LogP contribution in [0.2, 0.25) is 0 Å². The predicted molar refractivity (Wildman–Crippen MR) is 127 cm³/mol. The van der Waals surface area contributed by atoms with Gasteiger partial charge in [0.05, 0.1) is 6.61 Å². The topological polar surface area (TPSA) is 46.1 Å². The second-order valence-corrected chi connectivity index (χ2v) is 7.49. The lowest BCUT2D eigenvalue weighted by molar-refractivity contribution is -0.0172. The fourth-order valence-corrected chi connectivity index (χ4v) is 4.10. The molecule has 5 nitrogen and oxygen atoms in total. The Hall–Kier alpha value is -1.87. The van der Waals surface area contributed by atoms with Crippen LogP contribution in [0.15, 0.2) is 47.5 Å². The first-order valence-corrected chi connectivity index (χ1v) is 10.3. The zero-order valence-corrected chi connectivity index (χ0v) is 19.6. The number of aliphatic imine (C=N–C) groups is 1. The number of nitrogens with zero attached hydrogens (tertiary/aromatic N) is 2. The molecule has 162 valence electrons. The highest BCUT2D eigenvalue weighted by Crippen LogP contribution is 2.30. The van der Waals surface area contributed by atoms with Gasteiger partial charge in [-0.2, -0.15) is 0 Å². The zero-order valence-electron chi connectivity index (χ0n) is 17.3. The maximum absolute atomic E-state index is 13.9. The molecule has 2 heterocycles. The van der Waals surface area contributed by atoms with Crippen LogP contribution in [-0.4, -0.2) is 43.8 Å². The largest absolute Gasteiger partial charge is 0.467 e. The Morgan fingerprint density at radius 2 is 2.10 bits per heavy atom. The SMILES string of the molecule is CCNC(=NCCc1cc(F)cc2c1OCOC2)N1CCC(c2ccccc2)C1.I. The van der Waals surface area contributed by atoms with Gasteiger partial charge in [-0.3, -0.25) is 4.99 Å². The van der Waals surface area contributed by atoms with Crippen molar-refractivity contribution in [2.75, 3.05) is 33.0 Å². The number of hydrogen-bond acceptors (Lipinski definition) is 3. The molecule has 0 aliphatic carbocycles. The molecule has 1 N–H and O–H groups in total. The quantitative estimate of drug-likeness (QED) is 0.359. The fraction of sp³-hybridized carbons (Fsp3) is 0.435. The number of guanidine groups is 1. The second kappa shape index (κ2) is 10.9. The van der Waals surface area contributed by atoms with Crippen LogP contribution in [0.25, 0.3) is 0 Å². The van der Waals surface area contributed by atoms with E-state index in [1.807, 2.05) is 0 Å². The normalized spacial score (nSPS) is 18.4. The zero-order chi connectivity index (χ0) is 20.1. The summed E-state index contributed by atoms with van der Waals surface area (Å²) in [5.74, 6) is 1.96. The Bertz CT molecular complexity index is 863. The smallest absolute Gasteiger partial charge is 0.193 e. The van der Waals surface area contributed by atoms with Crippen molar-refractivity contribution in [1.29, 1.82) is 0 Å². The molecule has 2 aliphatic heterocycles. The Morgan fingerprint density at radius 3 is 2.90 bits per heavy atom. The minimum atomic E-state index is -0.256. The molecule has 30 heavy (non-hydrogen) atoms. The van der Waals surface area contributed by atoms with Crippen LogP contribution in [0.1, 0.15) is 36.0 Å². The minimum Gasteiger partial charge on any atom is -0.467 e. The molecular formula is C23H29FIN3O2. The van der Waals surface area contributed by atoms with Crippen LogP contribution in [-0.2, 0) is 17.8 Å². The number of rotatable bonds is 5. The van der Waals surface area contributed by atoms with E-state index in [0.29, 0.717) is 25.5 Å². The highest BCUT2D eigenvalue weighted by atomic mass is 127. The highest BCUT2D eigenvalue weighted by Gasteiger charge is 2.26. The Balaban J connectivity index is 0.00000256. The predicted octanol–water partition coefficient (Wildman–Crippen LogP) is 4.31. The van der Waals surface area contributed by atoms with E-state index in [1.165, 1.54) is 11.6 Å². The maximum Gasteiger partial charge on any atom is 0.193 e. The summed E-state index contributed by atoms with van der Waals surface area (Å²) >= 11 is 0. The van der Waals surface area contributed by atoms with Gasteiger partial charge < -0.3 is 19.7 Å². The molecule has 2 aliphatic rings. The van der Waals surface area contributed by atoms with Gasteiger partial charge in [-0.25, -0.2) is 4.39 Å². The van der Waals surface area contributed by atoms with Gasteiger partial charge in [0.15, 0.2) is 12.8 Å². The van der Waals surface area contributed by atoms with Crippen molar-refractivity contribution in [2.24, 2.45) is 4.99 Å². The summed E-state index contributed by atoms with van der Waals surface area (Å²) in [6.45, 7) is 6.03. The molecule has 0 saturated carbocycles. The van der Waals surface area contributed by atoms with Crippen molar-refractivity contribution in [3.63, 3.8) is 0 Å². The number of likely N-dealkylation sites (tertiary alicyclic amines) is 1. The van der Waals surface area contributed by atoms with Crippen LogP contribution >= 0.6 is 24.0 Å². The van der Waals surface area contributed by atoms with Crippen molar-refractivity contribution in [2.45, 2.75) is 32.3 Å². The maximum atomic E-state index is 13.9. The third-order valence-electron chi connectivity index (χ3n) is 5.49. The van der Waals surface area contributed by atoms with Crippen molar-refractivity contribution in [1.82, 2.24) is 10.2 Å². The number of ether oxygens (including phenoxy) is 2. The minimum absolute atomic E-state index is 0. The standard InChI is InChI=1S/C23H28FN3O2.HI/c1-2-25-23(27-11-9-19(14-27)17-6-4-3-5-7-17)26-10-8-18-12-21(24)13-20-15-28-16-29-22(18)20;/h3-7,12-13,19H,2,8-11,14-16H2,1H3,(H,25,26);1H. The van der Waals surface area contributed by atoms with Gasteiger partial charge in [-0.05, 0) is 43.0 Å². The molecule has 0 bridgehead atoms. The molecule has 4 rings (SSSR count). The first kappa shape index (κ1) is 22.8. The highest BCUT2D eigenvalue weighted by molar-refractivity contribution is 14.0. The lowest BCUT2D eigenvalue weighted by Gasteiger charge is -2.22. The van der Waals surface area contributed by atoms with Crippen molar-refractivity contribution < 1.29 is 13.9 Å². The number of benzene rings is 2. The molecule has 0 spiro atoms. The van der Waals surface area contributed by atoms with Crippen LogP contribution in [0, 0.1) is 5.82 Å². The summed E-state index contributed by atoms with van der Waals surface area (Å²) in [6, 6.07) is 13.7. The fourth-order valence-electron chi connectivity index (χ4n) is 4.10. The molecule has 1 fully saturated rings. The first-order chi connectivity index (χ1) is 14.2. The Morgan fingerprint density at radius 1 is 1.27 bits per heavy atom. The van der Waals surface area contributed by atoms with Gasteiger partial charge in [-0.15, -0.1) is 24.0 Å². The van der Waals surface area contributed by atoms with Gasteiger partial charge in [0.1, 0.15) is 11.6 Å². The molecule has 0 amide bonds. The first-order valence-electron chi connectivity index (χ1n) is 10.3. The van der Waals surface area contributed by atoms with E-state index in [0.717, 1.165) is 48.9 Å². The lowest BCUT2D eigenvalue weighted by atomic mass is 9.99. The molecule has 1 saturated heterocycles. The number of nitrogens with one attached hydrogen (secondary N) is 1. The molecule has 2 aromatic rings. The third kappa shape index (κ3) is 5.43. The number of halogens is 2. The average Bonchev–Trinajstić information content (AvgIpc) is 3.24. The van der Waals surface area contributed by atoms with Gasteiger partial charge >= 0.3 is 0 Å². The van der Waals surface area contributed by atoms with E-state index in [9.17, 15) is 4.39 Å². The van der Waals surface area contributed by atoms with E-state index in [4.69, 9.17) is 14.5 Å². The van der Waals surface area contributed by atoms with Crippen molar-refractivity contribution in [3.8, 4) is 5.75 Å². The van der Waals surface area contributed by atoms with Crippen LogP contribution < -0.4 is 10.1 Å². The van der Waals surface area contributed by atoms with E-state index < -0.39 is 0 Å². The van der Waals surface area contributed by atoms with Gasteiger partial charge in [0.2, 0.25) is 0 Å². The van der Waals surface area contributed by atoms with Crippen LogP contribution in [0.5, 0.6) is 5.75 Å². The number of fused-ring (bicyclic) bond motifs is 1. The summed E-state index contributed by atoms with van der Waals surface area (Å²) in [7, 11) is 0. The van der Waals surface area contributed by atoms with Crippen LogP contribution in [0.4, 0.5) is 4.39 Å². The Kier molecular flexibility index (Phi) is 8.32. The van der Waals surface area contributed by atoms with Crippen molar-refractivity contribution in [3.05, 3.63) is 65.0 Å². The molecule has 1 unspecified atom stereocenters. The Labute approximate surface area is 194 Å². The third-order valence-corrected chi connectivity index (χ3v) is 5.49. The summed E-state index contributed by atoms with van der Waals surface area (Å²) in [5, 5.41) is 3.41. The van der Waals surface area contributed by atoms with E-state index in [-0.39, 0.29) is 36.6 Å².